The molecule has 5 fully saturated rings. The predicted molar refractivity (Wildman–Crippen MR) is 106 cm³/mol. The zero-order valence-electron chi connectivity index (χ0n) is 16.2. The Balaban J connectivity index is 1.19. The summed E-state index contributed by atoms with van der Waals surface area (Å²) in [5.41, 5.74) is -0.128. The summed E-state index contributed by atoms with van der Waals surface area (Å²) in [5, 5.41) is 23.6. The van der Waals surface area contributed by atoms with Crippen LogP contribution in [0, 0.1) is 29.1 Å². The highest BCUT2D eigenvalue weighted by Crippen LogP contribution is 2.56. The van der Waals surface area contributed by atoms with Crippen molar-refractivity contribution in [3.8, 4) is 6.07 Å². The first-order valence-electron chi connectivity index (χ1n) is 10.4. The van der Waals surface area contributed by atoms with Gasteiger partial charge in [-0.25, -0.2) is 9.78 Å². The Morgan fingerprint density at radius 3 is 2.83 bits per heavy atom. The van der Waals surface area contributed by atoms with E-state index >= 15 is 0 Å². The lowest BCUT2D eigenvalue weighted by molar-refractivity contribution is -0.177. The number of hydrogen-bond donors (Lipinski definition) is 2. The highest BCUT2D eigenvalue weighted by molar-refractivity contribution is 6.30. The van der Waals surface area contributed by atoms with Crippen molar-refractivity contribution in [2.75, 3.05) is 18.4 Å². The zero-order valence-corrected chi connectivity index (χ0v) is 16.9. The molecule has 5 aliphatic rings. The lowest BCUT2D eigenvalue weighted by Gasteiger charge is -2.57. The van der Waals surface area contributed by atoms with Crippen LogP contribution < -0.4 is 5.32 Å². The molecule has 3 atom stereocenters. The van der Waals surface area contributed by atoms with Gasteiger partial charge in [-0.05, 0) is 62.3 Å². The molecule has 2 N–H and O–H groups in total. The Morgan fingerprint density at radius 1 is 1.38 bits per heavy atom. The third-order valence-electron chi connectivity index (χ3n) is 7.15. The van der Waals surface area contributed by atoms with Gasteiger partial charge in [0.15, 0.2) is 0 Å². The minimum Gasteiger partial charge on any atom is -0.446 e. The molecule has 2 unspecified atom stereocenters. The van der Waals surface area contributed by atoms with Crippen LogP contribution >= 0.6 is 11.6 Å². The van der Waals surface area contributed by atoms with Crippen LogP contribution in [0.3, 0.4) is 0 Å². The van der Waals surface area contributed by atoms with Crippen LogP contribution in [0.1, 0.15) is 44.1 Å². The molecular weight excluding hydrogens is 392 g/mol. The molecular formula is C21H25ClN4O3. The lowest BCUT2D eigenvalue weighted by atomic mass is 9.53. The van der Waals surface area contributed by atoms with Crippen molar-refractivity contribution in [2.45, 2.75) is 56.3 Å². The van der Waals surface area contributed by atoms with Crippen LogP contribution in [-0.2, 0) is 4.74 Å². The Kier molecular flexibility index (Phi) is 4.60. The van der Waals surface area contributed by atoms with Crippen LogP contribution in [0.2, 0.25) is 5.02 Å². The molecule has 4 saturated carbocycles. The van der Waals surface area contributed by atoms with E-state index in [2.05, 4.69) is 16.4 Å². The van der Waals surface area contributed by atoms with Gasteiger partial charge >= 0.3 is 6.09 Å². The molecule has 7 nitrogen and oxygen atoms in total. The number of likely N-dealkylation sites (tertiary alicyclic amines) is 1. The fourth-order valence-corrected chi connectivity index (χ4v) is 6.35. The molecule has 1 aliphatic heterocycles. The van der Waals surface area contributed by atoms with Gasteiger partial charge in [-0.2, -0.15) is 5.26 Å². The number of rotatable bonds is 3. The third-order valence-corrected chi connectivity index (χ3v) is 7.36. The summed E-state index contributed by atoms with van der Waals surface area (Å²) in [6, 6.07) is 3.69. The molecule has 6 rings (SSSR count). The van der Waals surface area contributed by atoms with Gasteiger partial charge in [-0.1, -0.05) is 11.6 Å². The first kappa shape index (κ1) is 19.0. The molecule has 29 heavy (non-hydrogen) atoms. The van der Waals surface area contributed by atoms with Crippen molar-refractivity contribution in [3.63, 3.8) is 0 Å². The second-order valence-electron chi connectivity index (χ2n) is 9.28. The Bertz CT molecular complexity index is 856. The van der Waals surface area contributed by atoms with E-state index < -0.39 is 5.60 Å². The normalized spacial score (nSPS) is 37.4. The molecule has 1 aromatic rings. The second-order valence-corrected chi connectivity index (χ2v) is 9.72. The van der Waals surface area contributed by atoms with Gasteiger partial charge in [0.05, 0.1) is 16.2 Å². The average molecular weight is 417 g/mol. The fraction of sp³-hybridized carbons (Fsp3) is 0.667. The molecule has 4 bridgehead atoms. The van der Waals surface area contributed by atoms with E-state index in [4.69, 9.17) is 16.3 Å². The number of aliphatic hydroxyl groups is 1. The molecule has 4 aliphatic carbocycles. The Morgan fingerprint density at radius 2 is 2.14 bits per heavy atom. The molecule has 154 valence electrons. The fourth-order valence-electron chi connectivity index (χ4n) is 6.19. The summed E-state index contributed by atoms with van der Waals surface area (Å²) in [7, 11) is 0. The van der Waals surface area contributed by atoms with Crippen LogP contribution in [0.15, 0.2) is 12.3 Å². The van der Waals surface area contributed by atoms with E-state index in [0.717, 1.165) is 38.5 Å². The number of nitrogens with one attached hydrogen (secondary N) is 1. The van der Waals surface area contributed by atoms with Crippen molar-refractivity contribution in [2.24, 2.45) is 17.8 Å². The summed E-state index contributed by atoms with van der Waals surface area (Å²) < 4.78 is 5.98. The summed E-state index contributed by atoms with van der Waals surface area (Å²) in [6.45, 7) is 1.13. The van der Waals surface area contributed by atoms with Crippen LogP contribution in [0.5, 0.6) is 0 Å². The minimum atomic E-state index is -0.522. The number of amides is 1. The van der Waals surface area contributed by atoms with E-state index in [1.165, 1.54) is 6.20 Å². The summed E-state index contributed by atoms with van der Waals surface area (Å²) in [5.74, 6) is 1.67. The summed E-state index contributed by atoms with van der Waals surface area (Å²) >= 11 is 5.90. The van der Waals surface area contributed by atoms with E-state index in [1.807, 2.05) is 0 Å². The van der Waals surface area contributed by atoms with Gasteiger partial charge in [-0.15, -0.1) is 0 Å². The maximum Gasteiger partial charge on any atom is 0.410 e. The molecule has 2 heterocycles. The largest absolute Gasteiger partial charge is 0.446 e. The standard InChI is InChI=1S/C21H25ClN4O3/c22-16-5-15(9-23)19(24-10-16)25-17-1-2-26(11-17)20(27)29-18-13-3-12-4-14(18)8-21(28,6-12)7-13/h5,10,12-14,17-18,28H,1-4,6-8,11H2,(H,24,25)/t12?,13?,14?,17-,18?,21?/m1/s1. The number of nitrogens with zero attached hydrogens (tertiary/aromatic N) is 3. The van der Waals surface area contributed by atoms with Gasteiger partial charge in [0.1, 0.15) is 18.0 Å². The number of ether oxygens (including phenoxy) is 1. The van der Waals surface area contributed by atoms with Crippen LogP contribution in [0.25, 0.3) is 0 Å². The SMILES string of the molecule is N#Cc1cc(Cl)cnc1N[C@@H]1CCN(C(=O)OC2C3CC4CC2CC(O)(C4)C3)C1. The number of anilines is 1. The number of carbonyl (C=O) groups excluding carboxylic acids is 1. The summed E-state index contributed by atoms with van der Waals surface area (Å²) in [6.07, 6.45) is 6.54. The van der Waals surface area contributed by atoms with Gasteiger partial charge in [0.25, 0.3) is 0 Å². The van der Waals surface area contributed by atoms with Crippen molar-refractivity contribution in [1.82, 2.24) is 9.88 Å². The number of hydrogen-bond acceptors (Lipinski definition) is 6. The third kappa shape index (κ3) is 3.53. The maximum absolute atomic E-state index is 12.8. The highest BCUT2D eigenvalue weighted by Gasteiger charge is 2.56. The minimum absolute atomic E-state index is 0.0162. The first-order valence-corrected chi connectivity index (χ1v) is 10.8. The number of pyridine rings is 1. The van der Waals surface area contributed by atoms with Crippen molar-refractivity contribution < 1.29 is 14.6 Å². The molecule has 1 saturated heterocycles. The van der Waals surface area contributed by atoms with Gasteiger partial charge in [0.2, 0.25) is 0 Å². The van der Waals surface area contributed by atoms with E-state index in [9.17, 15) is 15.2 Å². The molecule has 1 amide bonds. The maximum atomic E-state index is 12.8. The number of aromatic nitrogens is 1. The Labute approximate surface area is 175 Å². The van der Waals surface area contributed by atoms with E-state index in [1.54, 1.807) is 11.0 Å². The van der Waals surface area contributed by atoms with Crippen molar-refractivity contribution >= 4 is 23.5 Å². The number of halogens is 1. The average Bonchev–Trinajstić information content (AvgIpc) is 3.13. The topological polar surface area (TPSA) is 98.5 Å². The first-order chi connectivity index (χ1) is 13.9. The molecule has 1 aromatic heterocycles. The summed E-state index contributed by atoms with van der Waals surface area (Å²) in [4.78, 5) is 18.8. The monoisotopic (exact) mass is 416 g/mol. The van der Waals surface area contributed by atoms with Crippen molar-refractivity contribution in [3.05, 3.63) is 22.8 Å². The molecule has 0 radical (unpaired) electrons. The number of nitriles is 1. The molecule has 0 aromatic carbocycles. The van der Waals surface area contributed by atoms with E-state index in [-0.39, 0.29) is 18.2 Å². The predicted octanol–water partition coefficient (Wildman–Crippen LogP) is 3.17. The van der Waals surface area contributed by atoms with Gasteiger partial charge < -0.3 is 20.1 Å². The highest BCUT2D eigenvalue weighted by atomic mass is 35.5. The number of carbonyl (C=O) groups is 1. The second kappa shape index (κ2) is 7.03. The van der Waals surface area contributed by atoms with Gasteiger partial charge in [0, 0.05) is 25.3 Å². The van der Waals surface area contributed by atoms with Gasteiger partial charge in [-0.3, -0.25) is 0 Å². The van der Waals surface area contributed by atoms with Crippen LogP contribution in [-0.4, -0.2) is 51.9 Å². The molecule has 8 heteroatoms. The van der Waals surface area contributed by atoms with E-state index in [0.29, 0.717) is 47.2 Å². The van der Waals surface area contributed by atoms with Crippen LogP contribution in [0.4, 0.5) is 10.6 Å². The molecule has 0 spiro atoms. The zero-order chi connectivity index (χ0) is 20.2. The van der Waals surface area contributed by atoms with Crippen molar-refractivity contribution in [1.29, 1.82) is 5.26 Å². The quantitative estimate of drug-likeness (QED) is 0.785. The Hall–Kier alpha value is -2.04. The lowest BCUT2D eigenvalue weighted by Crippen LogP contribution is -2.58. The smallest absolute Gasteiger partial charge is 0.410 e.